The molecule has 0 radical (unpaired) electrons. The fraction of sp³-hybridized carbons (Fsp3) is 0.562. The van der Waals surface area contributed by atoms with E-state index in [0.29, 0.717) is 26.3 Å². The van der Waals surface area contributed by atoms with Gasteiger partial charge in [-0.25, -0.2) is 4.39 Å². The SMILES string of the molecule is CCN(Cc1cccc(F)c1)C(=O)C(N)C1CCOCC1. The fourth-order valence-electron chi connectivity index (χ4n) is 2.69. The van der Waals surface area contributed by atoms with Gasteiger partial charge in [0, 0.05) is 26.3 Å². The summed E-state index contributed by atoms with van der Waals surface area (Å²) in [4.78, 5) is 14.2. The van der Waals surface area contributed by atoms with E-state index in [1.807, 2.05) is 13.0 Å². The predicted molar refractivity (Wildman–Crippen MR) is 79.0 cm³/mol. The first-order valence-corrected chi connectivity index (χ1v) is 7.48. The Bertz CT molecular complexity index is 475. The Morgan fingerprint density at radius 3 is 2.81 bits per heavy atom. The van der Waals surface area contributed by atoms with Crippen LogP contribution < -0.4 is 5.73 Å². The van der Waals surface area contributed by atoms with E-state index in [-0.39, 0.29) is 17.6 Å². The molecule has 0 saturated carbocycles. The van der Waals surface area contributed by atoms with Crippen LogP contribution in [0.5, 0.6) is 0 Å². The summed E-state index contributed by atoms with van der Waals surface area (Å²) in [7, 11) is 0. The Kier molecular flexibility index (Phi) is 5.70. The molecule has 1 aliphatic rings. The summed E-state index contributed by atoms with van der Waals surface area (Å²) in [6.45, 7) is 4.20. The van der Waals surface area contributed by atoms with Gasteiger partial charge in [-0.05, 0) is 43.4 Å². The second-order valence-electron chi connectivity index (χ2n) is 5.46. The maximum absolute atomic E-state index is 13.2. The van der Waals surface area contributed by atoms with Crippen molar-refractivity contribution < 1.29 is 13.9 Å². The predicted octanol–water partition coefficient (Wildman–Crippen LogP) is 1.93. The minimum absolute atomic E-state index is 0.0614. The van der Waals surface area contributed by atoms with E-state index in [2.05, 4.69) is 0 Å². The summed E-state index contributed by atoms with van der Waals surface area (Å²) >= 11 is 0. The normalized spacial score (nSPS) is 17.5. The van der Waals surface area contributed by atoms with E-state index in [1.165, 1.54) is 12.1 Å². The number of ether oxygens (including phenoxy) is 1. The highest BCUT2D eigenvalue weighted by atomic mass is 19.1. The van der Waals surface area contributed by atoms with Crippen molar-refractivity contribution in [2.24, 2.45) is 11.7 Å². The van der Waals surface area contributed by atoms with Crippen LogP contribution in [0, 0.1) is 11.7 Å². The molecule has 1 aliphatic heterocycles. The lowest BCUT2D eigenvalue weighted by atomic mass is 9.91. The third kappa shape index (κ3) is 4.25. The van der Waals surface area contributed by atoms with Crippen molar-refractivity contribution in [1.29, 1.82) is 0 Å². The molecule has 1 aromatic rings. The van der Waals surface area contributed by atoms with Crippen LogP contribution in [0.15, 0.2) is 24.3 Å². The van der Waals surface area contributed by atoms with Gasteiger partial charge in [0.25, 0.3) is 0 Å². The number of halogens is 1. The van der Waals surface area contributed by atoms with Crippen molar-refractivity contribution in [1.82, 2.24) is 4.90 Å². The highest BCUT2D eigenvalue weighted by molar-refractivity contribution is 5.82. The highest BCUT2D eigenvalue weighted by Crippen LogP contribution is 2.19. The molecule has 2 N–H and O–H groups in total. The van der Waals surface area contributed by atoms with E-state index < -0.39 is 6.04 Å². The molecule has 5 heteroatoms. The van der Waals surface area contributed by atoms with Gasteiger partial charge in [-0.2, -0.15) is 0 Å². The molecule has 116 valence electrons. The van der Waals surface area contributed by atoms with Gasteiger partial charge in [0.2, 0.25) is 5.91 Å². The summed E-state index contributed by atoms with van der Waals surface area (Å²) in [5.41, 5.74) is 6.91. The van der Waals surface area contributed by atoms with Crippen molar-refractivity contribution in [2.75, 3.05) is 19.8 Å². The van der Waals surface area contributed by atoms with Crippen molar-refractivity contribution >= 4 is 5.91 Å². The molecule has 1 saturated heterocycles. The molecule has 4 nitrogen and oxygen atoms in total. The average molecular weight is 294 g/mol. The molecule has 1 unspecified atom stereocenters. The molecule has 1 amide bonds. The molecule has 0 aliphatic carbocycles. The van der Waals surface area contributed by atoms with Crippen LogP contribution in [-0.2, 0) is 16.1 Å². The third-order valence-corrected chi connectivity index (χ3v) is 4.01. The standard InChI is InChI=1S/C16H23FN2O2/c1-2-19(11-12-4-3-5-14(17)10-12)16(20)15(18)13-6-8-21-9-7-13/h3-5,10,13,15H,2,6-9,11,18H2,1H3. The van der Waals surface area contributed by atoms with Crippen molar-refractivity contribution in [3.05, 3.63) is 35.6 Å². The molecule has 1 heterocycles. The molecule has 2 rings (SSSR count). The average Bonchev–Trinajstić information content (AvgIpc) is 2.52. The first kappa shape index (κ1) is 15.9. The van der Waals surface area contributed by atoms with Crippen LogP contribution in [0.3, 0.4) is 0 Å². The number of likely N-dealkylation sites (N-methyl/N-ethyl adjacent to an activating group) is 1. The number of hydrogen-bond acceptors (Lipinski definition) is 3. The minimum atomic E-state index is -0.498. The molecular formula is C16H23FN2O2. The lowest BCUT2D eigenvalue weighted by Crippen LogP contribution is -2.48. The molecule has 1 aromatic carbocycles. The number of benzene rings is 1. The maximum Gasteiger partial charge on any atom is 0.240 e. The summed E-state index contributed by atoms with van der Waals surface area (Å²) in [6.07, 6.45) is 1.65. The van der Waals surface area contributed by atoms with E-state index in [9.17, 15) is 9.18 Å². The van der Waals surface area contributed by atoms with Crippen LogP contribution in [0.25, 0.3) is 0 Å². The number of amides is 1. The smallest absolute Gasteiger partial charge is 0.240 e. The zero-order chi connectivity index (χ0) is 15.2. The van der Waals surface area contributed by atoms with Gasteiger partial charge in [0.05, 0.1) is 6.04 Å². The second kappa shape index (κ2) is 7.52. The first-order chi connectivity index (χ1) is 10.1. The molecule has 1 fully saturated rings. The Labute approximate surface area is 125 Å². The van der Waals surface area contributed by atoms with Crippen LogP contribution in [0.4, 0.5) is 4.39 Å². The van der Waals surface area contributed by atoms with E-state index >= 15 is 0 Å². The van der Waals surface area contributed by atoms with Crippen LogP contribution >= 0.6 is 0 Å². The van der Waals surface area contributed by atoms with Gasteiger partial charge in [0.1, 0.15) is 5.82 Å². The Morgan fingerprint density at radius 2 is 2.19 bits per heavy atom. The second-order valence-corrected chi connectivity index (χ2v) is 5.46. The summed E-state index contributed by atoms with van der Waals surface area (Å²) in [5, 5.41) is 0. The van der Waals surface area contributed by atoms with Crippen LogP contribution in [0.1, 0.15) is 25.3 Å². The largest absolute Gasteiger partial charge is 0.381 e. The molecule has 0 spiro atoms. The summed E-state index contributed by atoms with van der Waals surface area (Å²) < 4.78 is 18.5. The van der Waals surface area contributed by atoms with Gasteiger partial charge < -0.3 is 15.4 Å². The monoisotopic (exact) mass is 294 g/mol. The van der Waals surface area contributed by atoms with Gasteiger partial charge >= 0.3 is 0 Å². The molecular weight excluding hydrogens is 271 g/mol. The Balaban J connectivity index is 2.00. The Morgan fingerprint density at radius 1 is 1.48 bits per heavy atom. The molecule has 21 heavy (non-hydrogen) atoms. The summed E-state index contributed by atoms with van der Waals surface area (Å²) in [6, 6.07) is 5.83. The highest BCUT2D eigenvalue weighted by Gasteiger charge is 2.29. The van der Waals surface area contributed by atoms with Crippen LogP contribution in [0.2, 0.25) is 0 Å². The minimum Gasteiger partial charge on any atom is -0.381 e. The number of nitrogens with zero attached hydrogens (tertiary/aromatic N) is 1. The van der Waals surface area contributed by atoms with E-state index in [1.54, 1.807) is 11.0 Å². The summed E-state index contributed by atoms with van der Waals surface area (Å²) in [5.74, 6) is -0.175. The van der Waals surface area contributed by atoms with Gasteiger partial charge in [0.15, 0.2) is 0 Å². The van der Waals surface area contributed by atoms with E-state index in [4.69, 9.17) is 10.5 Å². The molecule has 0 bridgehead atoms. The van der Waals surface area contributed by atoms with Crippen molar-refractivity contribution in [3.8, 4) is 0 Å². The van der Waals surface area contributed by atoms with Gasteiger partial charge in [-0.3, -0.25) is 4.79 Å². The van der Waals surface area contributed by atoms with Gasteiger partial charge in [-0.15, -0.1) is 0 Å². The number of carbonyl (C=O) groups is 1. The first-order valence-electron chi connectivity index (χ1n) is 7.48. The number of carbonyl (C=O) groups excluding carboxylic acids is 1. The van der Waals surface area contributed by atoms with Crippen molar-refractivity contribution in [2.45, 2.75) is 32.4 Å². The zero-order valence-electron chi connectivity index (χ0n) is 12.4. The topological polar surface area (TPSA) is 55.6 Å². The van der Waals surface area contributed by atoms with Gasteiger partial charge in [-0.1, -0.05) is 12.1 Å². The quantitative estimate of drug-likeness (QED) is 0.903. The zero-order valence-corrected chi connectivity index (χ0v) is 12.4. The Hall–Kier alpha value is -1.46. The van der Waals surface area contributed by atoms with Crippen molar-refractivity contribution in [3.63, 3.8) is 0 Å². The number of rotatable bonds is 5. The lowest BCUT2D eigenvalue weighted by molar-refractivity contribution is -0.135. The lowest BCUT2D eigenvalue weighted by Gasteiger charge is -2.31. The van der Waals surface area contributed by atoms with Crippen LogP contribution in [-0.4, -0.2) is 36.6 Å². The number of hydrogen-bond donors (Lipinski definition) is 1. The fourth-order valence-corrected chi connectivity index (χ4v) is 2.69. The molecule has 0 aromatic heterocycles. The maximum atomic E-state index is 13.2. The number of nitrogens with two attached hydrogens (primary N) is 1. The van der Waals surface area contributed by atoms with E-state index in [0.717, 1.165) is 18.4 Å². The molecule has 1 atom stereocenters. The third-order valence-electron chi connectivity index (χ3n) is 4.01.